The predicted molar refractivity (Wildman–Crippen MR) is 105 cm³/mol. The third-order valence-electron chi connectivity index (χ3n) is 4.55. The molecule has 0 saturated carbocycles. The average Bonchev–Trinajstić information content (AvgIpc) is 3.15. The maximum atomic E-state index is 11.9. The van der Waals surface area contributed by atoms with Crippen LogP contribution in [0.3, 0.4) is 0 Å². The van der Waals surface area contributed by atoms with Gasteiger partial charge in [0.05, 0.1) is 17.7 Å². The van der Waals surface area contributed by atoms with Crippen LogP contribution in [-0.2, 0) is 39.0 Å². The number of fused-ring (bicyclic) bond motifs is 1. The van der Waals surface area contributed by atoms with Crippen molar-refractivity contribution in [3.63, 3.8) is 0 Å². The van der Waals surface area contributed by atoms with Gasteiger partial charge in [0.1, 0.15) is 17.9 Å². The Kier molecular flexibility index (Phi) is 7.06. The number of hydrogen-bond acceptors (Lipinski definition) is 4. The van der Waals surface area contributed by atoms with Gasteiger partial charge in [-0.3, -0.25) is 0 Å². The van der Waals surface area contributed by atoms with E-state index in [1.54, 1.807) is 0 Å². The molecule has 0 aliphatic carbocycles. The minimum Gasteiger partial charge on any atom is -0.659 e. The summed E-state index contributed by atoms with van der Waals surface area (Å²) in [4.78, 5) is 22.2. The molecule has 3 aromatic rings. The maximum absolute atomic E-state index is 11.9. The third-order valence-corrected chi connectivity index (χ3v) is 4.55. The van der Waals surface area contributed by atoms with E-state index >= 15 is 0 Å². The predicted octanol–water partition coefficient (Wildman–Crippen LogP) is 3.18. The summed E-state index contributed by atoms with van der Waals surface area (Å²) in [5.74, 6) is 0.704. The Hall–Kier alpha value is -2.37. The minimum absolute atomic E-state index is 0. The molecular weight excluding hydrogens is 526 g/mol. The molecule has 2 N–H and O–H groups in total. The first kappa shape index (κ1) is 20.4. The molecule has 1 saturated heterocycles. The number of para-hydroxylation sites is 1. The van der Waals surface area contributed by atoms with E-state index in [0.29, 0.717) is 5.82 Å². The first-order valence-corrected chi connectivity index (χ1v) is 9.10. The smallest absolute Gasteiger partial charge is 0.407 e. The normalized spacial score (nSPS) is 13.8. The number of imidazole rings is 1. The SMILES string of the molecule is O=C(NCc1nc2c(N3CC[N-]CC3)cccc2[nH]1)OCc1ccccc1.[W]. The second-order valence-corrected chi connectivity index (χ2v) is 6.43. The molecule has 1 aliphatic heterocycles. The Morgan fingerprint density at radius 1 is 1.14 bits per heavy atom. The molecule has 1 fully saturated rings. The summed E-state index contributed by atoms with van der Waals surface area (Å²) >= 11 is 0. The van der Waals surface area contributed by atoms with E-state index < -0.39 is 6.09 Å². The van der Waals surface area contributed by atoms with Gasteiger partial charge in [-0.1, -0.05) is 36.4 Å². The number of benzene rings is 2. The van der Waals surface area contributed by atoms with E-state index in [9.17, 15) is 4.79 Å². The number of H-pyrrole nitrogens is 1. The van der Waals surface area contributed by atoms with Gasteiger partial charge in [0.25, 0.3) is 0 Å². The number of piperazine rings is 1. The number of aromatic amines is 1. The molecule has 0 unspecified atom stereocenters. The summed E-state index contributed by atoms with van der Waals surface area (Å²) in [6.07, 6.45) is -0.461. The largest absolute Gasteiger partial charge is 0.659 e. The van der Waals surface area contributed by atoms with Crippen molar-refractivity contribution in [1.29, 1.82) is 0 Å². The second kappa shape index (κ2) is 9.71. The number of carbonyl (C=O) groups excluding carboxylic acids is 1. The Morgan fingerprint density at radius 2 is 1.93 bits per heavy atom. The summed E-state index contributed by atoms with van der Waals surface area (Å²) in [5, 5.41) is 7.14. The van der Waals surface area contributed by atoms with Gasteiger partial charge in [-0.2, -0.15) is 0 Å². The fourth-order valence-corrected chi connectivity index (χ4v) is 3.18. The number of aromatic nitrogens is 2. The number of ether oxygens (including phenoxy) is 1. The van der Waals surface area contributed by atoms with Crippen molar-refractivity contribution in [1.82, 2.24) is 15.3 Å². The topological polar surface area (TPSA) is 84.4 Å². The molecule has 8 heteroatoms. The fourth-order valence-electron chi connectivity index (χ4n) is 3.18. The Labute approximate surface area is 178 Å². The molecule has 7 nitrogen and oxygen atoms in total. The van der Waals surface area contributed by atoms with E-state index in [2.05, 4.69) is 31.6 Å². The van der Waals surface area contributed by atoms with Crippen molar-refractivity contribution in [2.24, 2.45) is 0 Å². The van der Waals surface area contributed by atoms with Crippen molar-refractivity contribution < 1.29 is 30.6 Å². The molecule has 0 spiro atoms. The Morgan fingerprint density at radius 3 is 2.71 bits per heavy atom. The van der Waals surface area contributed by atoms with E-state index in [4.69, 9.17) is 4.74 Å². The van der Waals surface area contributed by atoms with Crippen LogP contribution in [0, 0.1) is 0 Å². The number of carbonyl (C=O) groups is 1. The van der Waals surface area contributed by atoms with Crippen LogP contribution in [0.1, 0.15) is 11.4 Å². The summed E-state index contributed by atoms with van der Waals surface area (Å²) in [6.45, 7) is 4.05. The van der Waals surface area contributed by atoms with Crippen molar-refractivity contribution in [2.75, 3.05) is 31.1 Å². The molecule has 0 atom stereocenters. The van der Waals surface area contributed by atoms with E-state index in [1.165, 1.54) is 0 Å². The average molecular weight is 548 g/mol. The summed E-state index contributed by atoms with van der Waals surface area (Å²) in [5.41, 5.74) is 3.95. The van der Waals surface area contributed by atoms with Gasteiger partial charge in [0.15, 0.2) is 0 Å². The number of nitrogens with one attached hydrogen (secondary N) is 2. The van der Waals surface area contributed by atoms with Crippen LogP contribution in [0.2, 0.25) is 0 Å². The molecular formula is C20H22N5O2W-. The molecule has 2 heterocycles. The Bertz CT molecular complexity index is 909. The van der Waals surface area contributed by atoms with Crippen molar-refractivity contribution >= 4 is 22.8 Å². The number of alkyl carbamates (subject to hydrolysis) is 1. The summed E-state index contributed by atoms with van der Waals surface area (Å²) < 4.78 is 5.23. The second-order valence-electron chi connectivity index (χ2n) is 6.43. The van der Waals surface area contributed by atoms with Gasteiger partial charge in [-0.25, -0.2) is 9.78 Å². The molecule has 2 aromatic carbocycles. The number of rotatable bonds is 5. The van der Waals surface area contributed by atoms with Gasteiger partial charge in [-0.15, -0.1) is 13.1 Å². The van der Waals surface area contributed by atoms with Crippen LogP contribution in [0.15, 0.2) is 48.5 Å². The first-order chi connectivity index (χ1) is 13.3. The van der Waals surface area contributed by atoms with Crippen LogP contribution in [0.25, 0.3) is 16.4 Å². The monoisotopic (exact) mass is 548 g/mol. The van der Waals surface area contributed by atoms with E-state index in [-0.39, 0.29) is 34.2 Å². The number of amides is 1. The molecule has 1 aliphatic rings. The van der Waals surface area contributed by atoms with Gasteiger partial charge in [0.2, 0.25) is 0 Å². The zero-order chi connectivity index (χ0) is 18.5. The molecule has 1 aromatic heterocycles. The minimum atomic E-state index is -0.461. The van der Waals surface area contributed by atoms with Gasteiger partial charge < -0.3 is 25.3 Å². The van der Waals surface area contributed by atoms with Crippen molar-refractivity contribution in [2.45, 2.75) is 13.2 Å². The molecule has 0 bridgehead atoms. The van der Waals surface area contributed by atoms with Gasteiger partial charge >= 0.3 is 6.09 Å². The zero-order valence-corrected chi connectivity index (χ0v) is 18.4. The quantitative estimate of drug-likeness (QED) is 0.514. The molecule has 4 rings (SSSR count). The fraction of sp³-hybridized carbons (Fsp3) is 0.300. The van der Waals surface area contributed by atoms with Gasteiger partial charge in [-0.05, 0) is 30.8 Å². The summed E-state index contributed by atoms with van der Waals surface area (Å²) in [7, 11) is 0. The van der Waals surface area contributed by atoms with Crippen molar-refractivity contribution in [3.8, 4) is 0 Å². The zero-order valence-electron chi connectivity index (χ0n) is 15.4. The first-order valence-electron chi connectivity index (χ1n) is 9.10. The van der Waals surface area contributed by atoms with Crippen LogP contribution in [-0.4, -0.2) is 42.2 Å². The van der Waals surface area contributed by atoms with Crippen LogP contribution >= 0.6 is 0 Å². The number of anilines is 1. The summed E-state index contributed by atoms with van der Waals surface area (Å²) in [6, 6.07) is 15.7. The third kappa shape index (κ3) is 4.91. The van der Waals surface area contributed by atoms with E-state index in [1.807, 2.05) is 42.5 Å². The van der Waals surface area contributed by atoms with Gasteiger partial charge in [0, 0.05) is 21.1 Å². The molecule has 1 amide bonds. The van der Waals surface area contributed by atoms with E-state index in [0.717, 1.165) is 48.5 Å². The maximum Gasteiger partial charge on any atom is 0.407 e. The van der Waals surface area contributed by atoms with Crippen LogP contribution < -0.4 is 10.2 Å². The Balaban J connectivity index is 0.00000225. The van der Waals surface area contributed by atoms with Crippen LogP contribution in [0.4, 0.5) is 10.5 Å². The number of nitrogens with zero attached hydrogens (tertiary/aromatic N) is 3. The molecule has 28 heavy (non-hydrogen) atoms. The molecule has 0 radical (unpaired) electrons. The van der Waals surface area contributed by atoms with Crippen molar-refractivity contribution in [3.05, 3.63) is 65.2 Å². The number of hydrogen-bond donors (Lipinski definition) is 2. The van der Waals surface area contributed by atoms with Crippen LogP contribution in [0.5, 0.6) is 0 Å². The standard InChI is InChI=1S/C20H22N5O2.W/c26-20(27-14-15-5-2-1-3-6-15)22-13-18-23-16-7-4-8-17(19(16)24-18)25-11-9-21-10-12-25;/h1-8H,9-14H2,(H,22,26)(H,23,24);/q-1;. The molecule has 146 valence electrons.